The molecule has 0 unspecified atom stereocenters. The van der Waals surface area contributed by atoms with Crippen LogP contribution in [0.25, 0.3) is 0 Å². The van der Waals surface area contributed by atoms with Crippen molar-refractivity contribution in [2.24, 2.45) is 0 Å². The minimum Gasteiger partial charge on any atom is -0.394 e. The van der Waals surface area contributed by atoms with Crippen LogP contribution in [0.2, 0.25) is 0 Å². The van der Waals surface area contributed by atoms with Gasteiger partial charge in [-0.15, -0.1) is 0 Å². The molecule has 1 heterocycles. The molecule has 0 radical (unpaired) electrons. The monoisotopic (exact) mass is 193 g/mol. The van der Waals surface area contributed by atoms with Crippen molar-refractivity contribution in [2.75, 3.05) is 19.8 Å². The quantitative estimate of drug-likeness (QED) is 0.270. The minimum atomic E-state index is -1.38. The zero-order valence-corrected chi connectivity index (χ0v) is 7.09. The summed E-state index contributed by atoms with van der Waals surface area (Å²) in [6.45, 7) is -0.984. The summed E-state index contributed by atoms with van der Waals surface area (Å²) in [5, 5.41) is 48.4. The SMILES string of the molecule is OCC1(CO)NC[C@H](O)[C@@H](O)[C@@H]1O. The zero-order chi connectivity index (χ0) is 10.1. The van der Waals surface area contributed by atoms with E-state index in [-0.39, 0.29) is 6.54 Å². The Bertz CT molecular complexity index is 172. The van der Waals surface area contributed by atoms with Crippen molar-refractivity contribution in [3.05, 3.63) is 0 Å². The molecule has 0 aromatic heterocycles. The Morgan fingerprint density at radius 3 is 2.15 bits per heavy atom. The van der Waals surface area contributed by atoms with Crippen LogP contribution >= 0.6 is 0 Å². The Morgan fingerprint density at radius 1 is 1.15 bits per heavy atom. The predicted molar refractivity (Wildman–Crippen MR) is 42.9 cm³/mol. The van der Waals surface area contributed by atoms with Gasteiger partial charge in [-0.05, 0) is 0 Å². The summed E-state index contributed by atoms with van der Waals surface area (Å²) in [6.07, 6.45) is -3.81. The average Bonchev–Trinajstić information content (AvgIpc) is 2.16. The molecular weight excluding hydrogens is 178 g/mol. The number of aliphatic hydroxyl groups is 5. The number of β-amino-alcohol motifs (C(OH)–C–C–N with tert-alkyl or cyclic N) is 1. The van der Waals surface area contributed by atoms with Crippen LogP contribution in [0.15, 0.2) is 0 Å². The number of rotatable bonds is 2. The van der Waals surface area contributed by atoms with Crippen molar-refractivity contribution in [3.63, 3.8) is 0 Å². The van der Waals surface area contributed by atoms with Crippen molar-refractivity contribution >= 4 is 0 Å². The van der Waals surface area contributed by atoms with E-state index in [1.165, 1.54) is 0 Å². The van der Waals surface area contributed by atoms with Gasteiger partial charge in [0, 0.05) is 6.54 Å². The highest BCUT2D eigenvalue weighted by molar-refractivity contribution is 5.03. The van der Waals surface area contributed by atoms with E-state index >= 15 is 0 Å². The van der Waals surface area contributed by atoms with Gasteiger partial charge in [-0.3, -0.25) is 0 Å². The van der Waals surface area contributed by atoms with E-state index in [1.807, 2.05) is 0 Å². The molecule has 6 nitrogen and oxygen atoms in total. The van der Waals surface area contributed by atoms with E-state index in [9.17, 15) is 10.2 Å². The molecular formula is C7H15NO5. The van der Waals surface area contributed by atoms with Crippen LogP contribution in [-0.4, -0.2) is 69.1 Å². The summed E-state index contributed by atoms with van der Waals surface area (Å²) >= 11 is 0. The van der Waals surface area contributed by atoms with Crippen molar-refractivity contribution in [1.29, 1.82) is 0 Å². The normalized spacial score (nSPS) is 39.0. The lowest BCUT2D eigenvalue weighted by atomic mass is 9.84. The number of piperidine rings is 1. The smallest absolute Gasteiger partial charge is 0.109 e. The molecule has 1 aliphatic rings. The Hall–Kier alpha value is -0.240. The maximum Gasteiger partial charge on any atom is 0.109 e. The van der Waals surface area contributed by atoms with Gasteiger partial charge in [0.25, 0.3) is 0 Å². The number of aliphatic hydroxyl groups excluding tert-OH is 5. The average molecular weight is 193 g/mol. The molecule has 0 spiro atoms. The molecule has 0 saturated carbocycles. The molecule has 0 aromatic carbocycles. The first-order valence-electron chi connectivity index (χ1n) is 4.08. The third-order valence-electron chi connectivity index (χ3n) is 2.51. The second kappa shape index (κ2) is 3.87. The van der Waals surface area contributed by atoms with E-state index in [0.29, 0.717) is 0 Å². The molecule has 3 atom stereocenters. The Morgan fingerprint density at radius 2 is 1.69 bits per heavy atom. The summed E-state index contributed by atoms with van der Waals surface area (Å²) in [7, 11) is 0. The maximum atomic E-state index is 9.47. The molecule has 13 heavy (non-hydrogen) atoms. The van der Waals surface area contributed by atoms with Crippen LogP contribution < -0.4 is 5.32 Å². The molecule has 0 bridgehead atoms. The van der Waals surface area contributed by atoms with E-state index < -0.39 is 37.1 Å². The fraction of sp³-hybridized carbons (Fsp3) is 1.00. The molecule has 6 heteroatoms. The molecule has 78 valence electrons. The first-order chi connectivity index (χ1) is 6.07. The molecule has 1 fully saturated rings. The highest BCUT2D eigenvalue weighted by Gasteiger charge is 2.47. The van der Waals surface area contributed by atoms with Crippen LogP contribution in [0.3, 0.4) is 0 Å². The van der Waals surface area contributed by atoms with Gasteiger partial charge in [0.2, 0.25) is 0 Å². The van der Waals surface area contributed by atoms with E-state index in [2.05, 4.69) is 5.32 Å². The van der Waals surface area contributed by atoms with Crippen molar-refractivity contribution in [1.82, 2.24) is 5.32 Å². The number of hydrogen-bond acceptors (Lipinski definition) is 6. The highest BCUT2D eigenvalue weighted by atomic mass is 16.4. The van der Waals surface area contributed by atoms with Crippen molar-refractivity contribution < 1.29 is 25.5 Å². The highest BCUT2D eigenvalue weighted by Crippen LogP contribution is 2.19. The first kappa shape index (κ1) is 10.8. The van der Waals surface area contributed by atoms with Crippen molar-refractivity contribution in [3.8, 4) is 0 Å². The van der Waals surface area contributed by atoms with E-state index in [0.717, 1.165) is 0 Å². The summed E-state index contributed by atoms with van der Waals surface area (Å²) in [5.41, 5.74) is -1.32. The topological polar surface area (TPSA) is 113 Å². The van der Waals surface area contributed by atoms with E-state index in [4.69, 9.17) is 15.3 Å². The van der Waals surface area contributed by atoms with Gasteiger partial charge in [0.15, 0.2) is 0 Å². The van der Waals surface area contributed by atoms with Gasteiger partial charge < -0.3 is 30.8 Å². The van der Waals surface area contributed by atoms with Gasteiger partial charge in [-0.1, -0.05) is 0 Å². The fourth-order valence-corrected chi connectivity index (χ4v) is 1.42. The second-order valence-corrected chi connectivity index (χ2v) is 3.36. The van der Waals surface area contributed by atoms with Crippen LogP contribution in [-0.2, 0) is 0 Å². The van der Waals surface area contributed by atoms with E-state index in [1.54, 1.807) is 0 Å². The lowest BCUT2D eigenvalue weighted by Gasteiger charge is -2.44. The van der Waals surface area contributed by atoms with Crippen molar-refractivity contribution in [2.45, 2.75) is 23.9 Å². The lowest BCUT2D eigenvalue weighted by molar-refractivity contribution is -0.143. The summed E-state index contributed by atoms with van der Waals surface area (Å²) in [6, 6.07) is 0. The Labute approximate surface area is 75.4 Å². The maximum absolute atomic E-state index is 9.47. The minimum absolute atomic E-state index is 0.0271. The Kier molecular flexibility index (Phi) is 3.23. The summed E-state index contributed by atoms with van der Waals surface area (Å²) in [4.78, 5) is 0. The van der Waals surface area contributed by atoms with Crippen LogP contribution in [0.1, 0.15) is 0 Å². The third-order valence-corrected chi connectivity index (χ3v) is 2.51. The predicted octanol–water partition coefficient (Wildman–Crippen LogP) is -3.60. The third kappa shape index (κ3) is 1.69. The lowest BCUT2D eigenvalue weighted by Crippen LogP contribution is -2.71. The van der Waals surface area contributed by atoms with Crippen LogP contribution in [0.4, 0.5) is 0 Å². The van der Waals surface area contributed by atoms with Gasteiger partial charge in [-0.2, -0.15) is 0 Å². The summed E-state index contributed by atoms with van der Waals surface area (Å²) in [5.74, 6) is 0. The fourth-order valence-electron chi connectivity index (χ4n) is 1.42. The second-order valence-electron chi connectivity index (χ2n) is 3.36. The van der Waals surface area contributed by atoms with Crippen LogP contribution in [0.5, 0.6) is 0 Å². The zero-order valence-electron chi connectivity index (χ0n) is 7.09. The molecule has 0 aromatic rings. The first-order valence-corrected chi connectivity index (χ1v) is 4.08. The molecule has 1 aliphatic heterocycles. The molecule has 0 aliphatic carbocycles. The molecule has 0 amide bonds. The number of nitrogens with one attached hydrogen (secondary N) is 1. The summed E-state index contributed by atoms with van der Waals surface area (Å²) < 4.78 is 0. The van der Waals surface area contributed by atoms with Gasteiger partial charge >= 0.3 is 0 Å². The number of hydrogen-bond donors (Lipinski definition) is 6. The van der Waals surface area contributed by atoms with Crippen LogP contribution in [0, 0.1) is 0 Å². The largest absolute Gasteiger partial charge is 0.394 e. The molecule has 1 saturated heterocycles. The Balaban J connectivity index is 2.77. The van der Waals surface area contributed by atoms with Gasteiger partial charge in [0.05, 0.1) is 24.9 Å². The molecule has 6 N–H and O–H groups in total. The molecule has 1 rings (SSSR count). The van der Waals surface area contributed by atoms with Gasteiger partial charge in [-0.25, -0.2) is 0 Å². The van der Waals surface area contributed by atoms with Gasteiger partial charge in [0.1, 0.15) is 12.2 Å². The standard InChI is InChI=1S/C7H15NO5/c9-2-7(3-10)6(13)5(12)4(11)1-8-7/h4-6,8-13H,1-3H2/t4-,5+,6-/m0/s1.